The van der Waals surface area contributed by atoms with Crippen molar-refractivity contribution in [1.29, 1.82) is 0 Å². The second kappa shape index (κ2) is 7.48. The normalized spacial score (nSPS) is 21.6. The highest BCUT2D eigenvalue weighted by Gasteiger charge is 2.23. The van der Waals surface area contributed by atoms with Crippen molar-refractivity contribution in [2.75, 3.05) is 37.6 Å². The number of halogens is 1. The SMILES string of the molecule is CCNC(C)c1ccc(N2CCN(CC)C(C)C2)cc1Cl. The molecule has 3 nitrogen and oxygen atoms in total. The van der Waals surface area contributed by atoms with Crippen LogP contribution in [-0.2, 0) is 0 Å². The van der Waals surface area contributed by atoms with Crippen molar-refractivity contribution in [2.45, 2.75) is 39.8 Å². The van der Waals surface area contributed by atoms with E-state index < -0.39 is 0 Å². The molecule has 0 aromatic heterocycles. The zero-order chi connectivity index (χ0) is 15.4. The van der Waals surface area contributed by atoms with Gasteiger partial charge in [-0.15, -0.1) is 0 Å². The summed E-state index contributed by atoms with van der Waals surface area (Å²) in [6.45, 7) is 14.2. The first kappa shape index (κ1) is 16.6. The van der Waals surface area contributed by atoms with E-state index >= 15 is 0 Å². The van der Waals surface area contributed by atoms with Crippen molar-refractivity contribution in [3.05, 3.63) is 28.8 Å². The lowest BCUT2D eigenvalue weighted by atomic mass is 10.1. The van der Waals surface area contributed by atoms with Crippen molar-refractivity contribution in [1.82, 2.24) is 10.2 Å². The minimum Gasteiger partial charge on any atom is -0.369 e. The fraction of sp³-hybridized carbons (Fsp3) is 0.647. The van der Waals surface area contributed by atoms with Gasteiger partial charge in [0.1, 0.15) is 0 Å². The molecule has 2 unspecified atom stereocenters. The molecule has 2 rings (SSSR count). The molecule has 0 bridgehead atoms. The molecular formula is C17H28ClN3. The van der Waals surface area contributed by atoms with Gasteiger partial charge in [0.15, 0.2) is 0 Å². The van der Waals surface area contributed by atoms with Gasteiger partial charge in [-0.3, -0.25) is 4.90 Å². The van der Waals surface area contributed by atoms with Gasteiger partial charge in [-0.05, 0) is 44.6 Å². The number of rotatable bonds is 5. The van der Waals surface area contributed by atoms with E-state index in [1.807, 2.05) is 0 Å². The summed E-state index contributed by atoms with van der Waals surface area (Å²) in [4.78, 5) is 4.98. The lowest BCUT2D eigenvalue weighted by Crippen LogP contribution is -2.51. The highest BCUT2D eigenvalue weighted by molar-refractivity contribution is 6.31. The summed E-state index contributed by atoms with van der Waals surface area (Å²) in [6, 6.07) is 7.40. The number of likely N-dealkylation sites (N-methyl/N-ethyl adjacent to an activating group) is 1. The molecule has 1 heterocycles. The summed E-state index contributed by atoms with van der Waals surface area (Å²) in [5.41, 5.74) is 2.43. The summed E-state index contributed by atoms with van der Waals surface area (Å²) < 4.78 is 0. The number of nitrogens with zero attached hydrogens (tertiary/aromatic N) is 2. The average molecular weight is 310 g/mol. The van der Waals surface area contributed by atoms with Gasteiger partial charge in [0, 0.05) is 42.4 Å². The van der Waals surface area contributed by atoms with Crippen LogP contribution in [0, 0.1) is 0 Å². The lowest BCUT2D eigenvalue weighted by Gasteiger charge is -2.40. The molecule has 1 fully saturated rings. The highest BCUT2D eigenvalue weighted by atomic mass is 35.5. The van der Waals surface area contributed by atoms with Gasteiger partial charge in [-0.25, -0.2) is 0 Å². The van der Waals surface area contributed by atoms with Crippen molar-refractivity contribution in [2.24, 2.45) is 0 Å². The Hall–Kier alpha value is -0.770. The van der Waals surface area contributed by atoms with E-state index in [0.717, 1.165) is 37.7 Å². The fourth-order valence-electron chi connectivity index (χ4n) is 3.18. The molecule has 1 aromatic carbocycles. The number of hydrogen-bond acceptors (Lipinski definition) is 3. The molecule has 1 aliphatic rings. The number of hydrogen-bond donors (Lipinski definition) is 1. The third kappa shape index (κ3) is 3.91. The first-order valence-electron chi connectivity index (χ1n) is 8.08. The Kier molecular flexibility index (Phi) is 5.91. The van der Waals surface area contributed by atoms with E-state index in [4.69, 9.17) is 11.6 Å². The van der Waals surface area contributed by atoms with E-state index in [2.05, 4.69) is 61.0 Å². The Balaban J connectivity index is 2.10. The quantitative estimate of drug-likeness (QED) is 0.897. The Morgan fingerprint density at radius 2 is 2.10 bits per heavy atom. The third-order valence-electron chi connectivity index (χ3n) is 4.50. The Morgan fingerprint density at radius 1 is 1.33 bits per heavy atom. The molecule has 0 radical (unpaired) electrons. The molecule has 0 aliphatic carbocycles. The summed E-state index contributed by atoms with van der Waals surface area (Å²) >= 11 is 6.49. The van der Waals surface area contributed by atoms with Crippen LogP contribution >= 0.6 is 11.6 Å². The number of nitrogens with one attached hydrogen (secondary N) is 1. The molecule has 0 saturated carbocycles. The van der Waals surface area contributed by atoms with Crippen LogP contribution in [0.25, 0.3) is 0 Å². The fourth-order valence-corrected chi connectivity index (χ4v) is 3.52. The van der Waals surface area contributed by atoms with Crippen LogP contribution in [0.5, 0.6) is 0 Å². The first-order chi connectivity index (χ1) is 10.1. The summed E-state index contributed by atoms with van der Waals surface area (Å²) in [5.74, 6) is 0. The van der Waals surface area contributed by atoms with Crippen molar-refractivity contribution in [3.8, 4) is 0 Å². The third-order valence-corrected chi connectivity index (χ3v) is 4.82. The van der Waals surface area contributed by atoms with Crippen LogP contribution in [0.4, 0.5) is 5.69 Å². The molecule has 4 heteroatoms. The first-order valence-corrected chi connectivity index (χ1v) is 8.46. The lowest BCUT2D eigenvalue weighted by molar-refractivity contribution is 0.199. The number of anilines is 1. The molecule has 0 amide bonds. The van der Waals surface area contributed by atoms with Gasteiger partial charge in [-0.1, -0.05) is 31.5 Å². The van der Waals surface area contributed by atoms with Gasteiger partial charge >= 0.3 is 0 Å². The van der Waals surface area contributed by atoms with Crippen molar-refractivity contribution in [3.63, 3.8) is 0 Å². The van der Waals surface area contributed by atoms with Crippen LogP contribution in [0.2, 0.25) is 5.02 Å². The van der Waals surface area contributed by atoms with Crippen LogP contribution in [0.15, 0.2) is 18.2 Å². The molecule has 1 aliphatic heterocycles. The molecule has 21 heavy (non-hydrogen) atoms. The minimum atomic E-state index is 0.299. The summed E-state index contributed by atoms with van der Waals surface area (Å²) in [7, 11) is 0. The zero-order valence-corrected chi connectivity index (χ0v) is 14.5. The largest absolute Gasteiger partial charge is 0.369 e. The van der Waals surface area contributed by atoms with Crippen molar-refractivity contribution >= 4 is 17.3 Å². The molecule has 1 saturated heterocycles. The van der Waals surface area contributed by atoms with Crippen molar-refractivity contribution < 1.29 is 0 Å². The van der Waals surface area contributed by atoms with E-state index in [-0.39, 0.29) is 0 Å². The molecule has 0 spiro atoms. The second-order valence-electron chi connectivity index (χ2n) is 5.91. The monoisotopic (exact) mass is 309 g/mol. The standard InChI is InChI=1S/C17H28ClN3/c1-5-19-14(4)16-8-7-15(11-17(16)18)21-10-9-20(6-2)13(3)12-21/h7-8,11,13-14,19H,5-6,9-10,12H2,1-4H3. The predicted molar refractivity (Wildman–Crippen MR) is 92.5 cm³/mol. The maximum Gasteiger partial charge on any atom is 0.0474 e. The molecule has 1 N–H and O–H groups in total. The molecule has 118 valence electrons. The van der Waals surface area contributed by atoms with Crippen LogP contribution in [-0.4, -0.2) is 43.7 Å². The van der Waals surface area contributed by atoms with Gasteiger partial charge in [0.2, 0.25) is 0 Å². The maximum atomic E-state index is 6.49. The van der Waals surface area contributed by atoms with Gasteiger partial charge in [0.05, 0.1) is 0 Å². The number of benzene rings is 1. The van der Waals surface area contributed by atoms with Gasteiger partial charge in [0.25, 0.3) is 0 Å². The number of piperazine rings is 1. The minimum absolute atomic E-state index is 0.299. The maximum absolute atomic E-state index is 6.49. The smallest absolute Gasteiger partial charge is 0.0474 e. The molecule has 2 atom stereocenters. The summed E-state index contributed by atoms with van der Waals surface area (Å²) in [6.07, 6.45) is 0. The van der Waals surface area contributed by atoms with E-state index in [1.54, 1.807) is 0 Å². The highest BCUT2D eigenvalue weighted by Crippen LogP contribution is 2.29. The van der Waals surface area contributed by atoms with Gasteiger partial charge < -0.3 is 10.2 Å². The van der Waals surface area contributed by atoms with Crippen LogP contribution < -0.4 is 10.2 Å². The van der Waals surface area contributed by atoms with E-state index in [9.17, 15) is 0 Å². The summed E-state index contributed by atoms with van der Waals surface area (Å²) in [5, 5.41) is 4.28. The molecular weight excluding hydrogens is 282 g/mol. The van der Waals surface area contributed by atoms with E-state index in [0.29, 0.717) is 12.1 Å². The zero-order valence-electron chi connectivity index (χ0n) is 13.7. The average Bonchev–Trinajstić information content (AvgIpc) is 2.47. The molecule has 1 aromatic rings. The van der Waals surface area contributed by atoms with Crippen LogP contribution in [0.1, 0.15) is 39.3 Å². The van der Waals surface area contributed by atoms with Crippen LogP contribution in [0.3, 0.4) is 0 Å². The topological polar surface area (TPSA) is 18.5 Å². The Morgan fingerprint density at radius 3 is 2.67 bits per heavy atom. The second-order valence-corrected chi connectivity index (χ2v) is 6.32. The Bertz CT molecular complexity index is 463. The van der Waals surface area contributed by atoms with E-state index in [1.165, 1.54) is 11.3 Å². The Labute approximate surface area is 134 Å². The van der Waals surface area contributed by atoms with Gasteiger partial charge in [-0.2, -0.15) is 0 Å². The predicted octanol–water partition coefficient (Wildman–Crippen LogP) is 3.54.